The number of carbonyl (C=O) groups excluding carboxylic acids is 1. The minimum Gasteiger partial charge on any atom is -0.334 e. The van der Waals surface area contributed by atoms with Crippen LogP contribution < -0.4 is 0 Å². The molecule has 0 aromatic heterocycles. The molecule has 6 heteroatoms. The predicted molar refractivity (Wildman–Crippen MR) is 98.1 cm³/mol. The Balaban J connectivity index is 1.74. The predicted octanol–water partition coefficient (Wildman–Crippen LogP) is 3.30. The molecule has 0 aliphatic carbocycles. The summed E-state index contributed by atoms with van der Waals surface area (Å²) in [5, 5.41) is 1.19. The number of amides is 1. The number of carbonyl (C=O) groups is 1. The largest absolute Gasteiger partial charge is 0.334 e. The molecule has 0 spiro atoms. The molecule has 1 amide bonds. The SMILES string of the molecule is O=C(CC1C=CS(=O)(=O)C1)N(Cc1ccccc1)Cc1ccc(F)cc1. The van der Waals surface area contributed by atoms with Crippen LogP contribution in [0, 0.1) is 11.7 Å². The Morgan fingerprint density at radius 1 is 1.00 bits per heavy atom. The van der Waals surface area contributed by atoms with E-state index in [-0.39, 0.29) is 29.8 Å². The Labute approximate surface area is 152 Å². The smallest absolute Gasteiger partial charge is 0.223 e. The molecule has 1 atom stereocenters. The van der Waals surface area contributed by atoms with E-state index in [9.17, 15) is 17.6 Å². The normalized spacial score (nSPS) is 18.0. The van der Waals surface area contributed by atoms with Crippen LogP contribution >= 0.6 is 0 Å². The quantitative estimate of drug-likeness (QED) is 0.781. The van der Waals surface area contributed by atoms with E-state index in [1.165, 1.54) is 17.5 Å². The van der Waals surface area contributed by atoms with Crippen LogP contribution in [0.5, 0.6) is 0 Å². The number of rotatable bonds is 6. The van der Waals surface area contributed by atoms with Crippen molar-refractivity contribution < 1.29 is 17.6 Å². The van der Waals surface area contributed by atoms with Crippen LogP contribution in [-0.2, 0) is 27.7 Å². The highest BCUT2D eigenvalue weighted by Crippen LogP contribution is 2.21. The molecule has 2 aromatic rings. The first kappa shape index (κ1) is 18.3. The zero-order valence-electron chi connectivity index (χ0n) is 14.2. The van der Waals surface area contributed by atoms with E-state index in [4.69, 9.17) is 0 Å². The van der Waals surface area contributed by atoms with Gasteiger partial charge in [-0.2, -0.15) is 0 Å². The fourth-order valence-corrected chi connectivity index (χ4v) is 4.37. The summed E-state index contributed by atoms with van der Waals surface area (Å²) in [5.41, 5.74) is 1.81. The zero-order chi connectivity index (χ0) is 18.6. The van der Waals surface area contributed by atoms with Crippen molar-refractivity contribution in [2.75, 3.05) is 5.75 Å². The molecule has 0 radical (unpaired) electrons. The Morgan fingerprint density at radius 3 is 2.19 bits per heavy atom. The van der Waals surface area contributed by atoms with Crippen LogP contribution in [0.3, 0.4) is 0 Å². The summed E-state index contributed by atoms with van der Waals surface area (Å²) in [6.45, 7) is 0.761. The Hall–Kier alpha value is -2.47. The lowest BCUT2D eigenvalue weighted by atomic mass is 10.1. The number of hydrogen-bond acceptors (Lipinski definition) is 3. The molecule has 0 fully saturated rings. The Morgan fingerprint density at radius 2 is 1.62 bits per heavy atom. The van der Waals surface area contributed by atoms with Crippen LogP contribution in [0.25, 0.3) is 0 Å². The standard InChI is InChI=1S/C20H20FNO3S/c21-19-8-6-17(7-9-19)14-22(13-16-4-2-1-3-5-16)20(23)12-18-10-11-26(24,25)15-18/h1-11,18H,12-15H2. The Bertz CT molecular complexity index is 892. The summed E-state index contributed by atoms with van der Waals surface area (Å²) in [6, 6.07) is 15.6. The van der Waals surface area contributed by atoms with Gasteiger partial charge in [-0.25, -0.2) is 12.8 Å². The summed E-state index contributed by atoms with van der Waals surface area (Å²) >= 11 is 0. The number of sulfone groups is 1. The molecule has 4 nitrogen and oxygen atoms in total. The van der Waals surface area contributed by atoms with E-state index in [0.717, 1.165) is 11.1 Å². The minimum atomic E-state index is -3.18. The van der Waals surface area contributed by atoms with Crippen molar-refractivity contribution in [3.63, 3.8) is 0 Å². The summed E-state index contributed by atoms with van der Waals surface area (Å²) in [5.74, 6) is -0.756. The van der Waals surface area contributed by atoms with Gasteiger partial charge in [-0.3, -0.25) is 4.79 Å². The van der Waals surface area contributed by atoms with E-state index < -0.39 is 9.84 Å². The van der Waals surface area contributed by atoms with Crippen LogP contribution in [0.2, 0.25) is 0 Å². The summed E-state index contributed by atoms with van der Waals surface area (Å²) in [4.78, 5) is 14.5. The van der Waals surface area contributed by atoms with Crippen LogP contribution in [0.4, 0.5) is 4.39 Å². The molecule has 0 N–H and O–H groups in total. The average molecular weight is 373 g/mol. The van der Waals surface area contributed by atoms with E-state index in [2.05, 4.69) is 0 Å². The molecule has 0 saturated carbocycles. The van der Waals surface area contributed by atoms with E-state index >= 15 is 0 Å². The first-order valence-electron chi connectivity index (χ1n) is 8.38. The third-order valence-corrected chi connectivity index (χ3v) is 5.76. The molecule has 136 valence electrons. The van der Waals surface area contributed by atoms with Crippen LogP contribution in [0.15, 0.2) is 66.1 Å². The number of nitrogens with zero attached hydrogens (tertiary/aromatic N) is 1. The third kappa shape index (κ3) is 5.02. The van der Waals surface area contributed by atoms with Crippen molar-refractivity contribution in [3.05, 3.63) is 83.0 Å². The van der Waals surface area contributed by atoms with Gasteiger partial charge in [-0.05, 0) is 23.3 Å². The van der Waals surface area contributed by atoms with E-state index in [1.54, 1.807) is 23.1 Å². The van der Waals surface area contributed by atoms with E-state index in [1.807, 2.05) is 30.3 Å². The first-order valence-corrected chi connectivity index (χ1v) is 10.1. The molecule has 0 saturated heterocycles. The highest BCUT2D eigenvalue weighted by Gasteiger charge is 2.26. The second-order valence-electron chi connectivity index (χ2n) is 6.48. The minimum absolute atomic E-state index is 0.0194. The number of allylic oxidation sites excluding steroid dienone is 1. The van der Waals surface area contributed by atoms with Gasteiger partial charge in [0.1, 0.15) is 5.82 Å². The van der Waals surface area contributed by atoms with Gasteiger partial charge < -0.3 is 4.90 Å². The van der Waals surface area contributed by atoms with Crippen molar-refractivity contribution >= 4 is 15.7 Å². The van der Waals surface area contributed by atoms with Gasteiger partial charge in [0.15, 0.2) is 9.84 Å². The average Bonchev–Trinajstić information content (AvgIpc) is 2.95. The summed E-state index contributed by atoms with van der Waals surface area (Å²) < 4.78 is 36.2. The Kier molecular flexibility index (Phi) is 5.52. The maximum atomic E-state index is 13.1. The van der Waals surface area contributed by atoms with Gasteiger partial charge in [0.2, 0.25) is 5.91 Å². The number of hydrogen-bond donors (Lipinski definition) is 0. The van der Waals surface area contributed by atoms with Gasteiger partial charge in [0.05, 0.1) is 5.75 Å². The summed E-state index contributed by atoms with van der Waals surface area (Å²) in [6.07, 6.45) is 1.73. The molecular formula is C20H20FNO3S. The monoisotopic (exact) mass is 373 g/mol. The van der Waals surface area contributed by atoms with Crippen molar-refractivity contribution in [3.8, 4) is 0 Å². The third-order valence-electron chi connectivity index (χ3n) is 4.30. The first-order chi connectivity index (χ1) is 12.4. The fourth-order valence-electron chi connectivity index (χ4n) is 2.97. The lowest BCUT2D eigenvalue weighted by Crippen LogP contribution is -2.31. The van der Waals surface area contributed by atoms with Gasteiger partial charge in [-0.15, -0.1) is 0 Å². The maximum Gasteiger partial charge on any atom is 0.223 e. The van der Waals surface area contributed by atoms with Crippen LogP contribution in [-0.4, -0.2) is 25.0 Å². The highest BCUT2D eigenvalue weighted by atomic mass is 32.2. The number of benzene rings is 2. The van der Waals surface area contributed by atoms with Gasteiger partial charge in [0, 0.05) is 30.8 Å². The molecule has 0 bridgehead atoms. The topological polar surface area (TPSA) is 54.5 Å². The molecule has 1 aliphatic heterocycles. The summed E-state index contributed by atoms with van der Waals surface area (Å²) in [7, 11) is -3.18. The second kappa shape index (κ2) is 7.83. The highest BCUT2D eigenvalue weighted by molar-refractivity contribution is 7.94. The maximum absolute atomic E-state index is 13.1. The van der Waals surface area contributed by atoms with Crippen molar-refractivity contribution in [2.45, 2.75) is 19.5 Å². The lowest BCUT2D eigenvalue weighted by molar-refractivity contribution is -0.133. The van der Waals surface area contributed by atoms with Crippen molar-refractivity contribution in [1.29, 1.82) is 0 Å². The zero-order valence-corrected chi connectivity index (χ0v) is 15.0. The molecule has 1 aliphatic rings. The molecular weight excluding hydrogens is 353 g/mol. The molecule has 3 rings (SSSR count). The lowest BCUT2D eigenvalue weighted by Gasteiger charge is -2.24. The molecule has 1 heterocycles. The molecule has 1 unspecified atom stereocenters. The molecule has 2 aromatic carbocycles. The van der Waals surface area contributed by atoms with Gasteiger partial charge >= 0.3 is 0 Å². The van der Waals surface area contributed by atoms with Crippen molar-refractivity contribution in [1.82, 2.24) is 4.90 Å². The number of halogens is 1. The van der Waals surface area contributed by atoms with E-state index in [0.29, 0.717) is 13.1 Å². The van der Waals surface area contributed by atoms with Gasteiger partial charge in [0.25, 0.3) is 0 Å². The van der Waals surface area contributed by atoms with Crippen LogP contribution in [0.1, 0.15) is 17.5 Å². The molecule has 26 heavy (non-hydrogen) atoms. The fraction of sp³-hybridized carbons (Fsp3) is 0.250. The second-order valence-corrected chi connectivity index (χ2v) is 8.42. The van der Waals surface area contributed by atoms with Gasteiger partial charge in [-0.1, -0.05) is 48.5 Å². The van der Waals surface area contributed by atoms with Crippen molar-refractivity contribution in [2.24, 2.45) is 5.92 Å².